The van der Waals surface area contributed by atoms with Crippen LogP contribution in [0.1, 0.15) is 17.4 Å². The number of nitrogens with one attached hydrogen (secondary N) is 1. The van der Waals surface area contributed by atoms with Crippen molar-refractivity contribution in [3.63, 3.8) is 0 Å². The molecule has 1 unspecified atom stereocenters. The van der Waals surface area contributed by atoms with Crippen molar-refractivity contribution < 1.29 is 9.15 Å². The van der Waals surface area contributed by atoms with Crippen molar-refractivity contribution in [2.24, 2.45) is 12.0 Å². The van der Waals surface area contributed by atoms with Gasteiger partial charge in [0.1, 0.15) is 11.9 Å². The summed E-state index contributed by atoms with van der Waals surface area (Å²) in [5, 5.41) is 8.56. The van der Waals surface area contributed by atoms with Crippen LogP contribution in [0.4, 0.5) is 0 Å². The van der Waals surface area contributed by atoms with E-state index in [1.54, 1.807) is 23.1 Å². The Morgan fingerprint density at radius 2 is 2.19 bits per heavy atom. The number of aliphatic imine (C=N–C) groups is 1. The van der Waals surface area contributed by atoms with E-state index < -0.39 is 0 Å². The normalized spacial score (nSPS) is 17.4. The van der Waals surface area contributed by atoms with Gasteiger partial charge < -0.3 is 19.4 Å². The fraction of sp³-hybridized carbons (Fsp3) is 0.318. The van der Waals surface area contributed by atoms with Crippen LogP contribution < -0.4 is 5.32 Å². The van der Waals surface area contributed by atoms with E-state index in [9.17, 15) is 0 Å². The van der Waals surface area contributed by atoms with Crippen molar-refractivity contribution in [1.29, 1.82) is 0 Å². The molecule has 5 rings (SSSR count). The molecule has 3 aromatic heterocycles. The van der Waals surface area contributed by atoms with E-state index in [1.165, 1.54) is 0 Å². The molecule has 0 bridgehead atoms. The lowest BCUT2D eigenvalue weighted by atomic mass is 10.1. The molecule has 9 heteroatoms. The van der Waals surface area contributed by atoms with Gasteiger partial charge >= 0.3 is 0 Å². The van der Waals surface area contributed by atoms with Crippen LogP contribution in [0, 0.1) is 0 Å². The van der Waals surface area contributed by atoms with Crippen molar-refractivity contribution in [3.8, 4) is 10.8 Å². The molecule has 8 nitrogen and oxygen atoms in total. The first-order valence-corrected chi connectivity index (χ1v) is 11.0. The minimum atomic E-state index is -0.0183. The van der Waals surface area contributed by atoms with E-state index in [4.69, 9.17) is 9.15 Å². The SMILES string of the molecule is CN=C(NCc1ccc(-c2nc3ccccc3s2)o1)N1CCOC(c2cnn(C)c2)C1. The summed E-state index contributed by atoms with van der Waals surface area (Å²) in [5.74, 6) is 2.46. The number of aryl methyl sites for hydroxylation is 1. The number of hydrogen-bond acceptors (Lipinski definition) is 6. The predicted octanol–water partition coefficient (Wildman–Crippen LogP) is 3.44. The Morgan fingerprint density at radius 1 is 1.29 bits per heavy atom. The Morgan fingerprint density at radius 3 is 3.00 bits per heavy atom. The summed E-state index contributed by atoms with van der Waals surface area (Å²) in [6, 6.07) is 12.1. The first-order chi connectivity index (χ1) is 15.2. The highest BCUT2D eigenvalue weighted by molar-refractivity contribution is 7.21. The molecule has 4 aromatic rings. The molecule has 0 saturated carbocycles. The van der Waals surface area contributed by atoms with Gasteiger partial charge in [0.05, 0.1) is 36.1 Å². The van der Waals surface area contributed by atoms with E-state index in [0.29, 0.717) is 13.2 Å². The quantitative estimate of drug-likeness (QED) is 0.390. The second-order valence-corrected chi connectivity index (χ2v) is 8.44. The highest BCUT2D eigenvalue weighted by Gasteiger charge is 2.25. The van der Waals surface area contributed by atoms with Crippen LogP contribution in [0.5, 0.6) is 0 Å². The summed E-state index contributed by atoms with van der Waals surface area (Å²) in [5.41, 5.74) is 2.07. The lowest BCUT2D eigenvalue weighted by Crippen LogP contribution is -2.47. The number of aromatic nitrogens is 3. The van der Waals surface area contributed by atoms with Gasteiger partial charge in [-0.3, -0.25) is 9.67 Å². The van der Waals surface area contributed by atoms with Crippen LogP contribution >= 0.6 is 11.3 Å². The Hall–Kier alpha value is -3.17. The Bertz CT molecular complexity index is 1180. The number of furan rings is 1. The number of thiazole rings is 1. The van der Waals surface area contributed by atoms with Crippen molar-refractivity contribution >= 4 is 27.5 Å². The summed E-state index contributed by atoms with van der Waals surface area (Å²) >= 11 is 1.64. The Kier molecular flexibility index (Phi) is 5.44. The first kappa shape index (κ1) is 19.8. The van der Waals surface area contributed by atoms with Gasteiger partial charge in [-0.2, -0.15) is 5.10 Å². The molecule has 0 radical (unpaired) electrons. The number of hydrogen-bond donors (Lipinski definition) is 1. The fourth-order valence-corrected chi connectivity index (χ4v) is 4.64. The maximum absolute atomic E-state index is 6.05. The molecule has 1 aromatic carbocycles. The molecule has 1 aliphatic rings. The van der Waals surface area contributed by atoms with Gasteiger partial charge in [-0.05, 0) is 24.3 Å². The summed E-state index contributed by atoms with van der Waals surface area (Å²) in [7, 11) is 3.71. The maximum atomic E-state index is 6.05. The average molecular weight is 437 g/mol. The Labute approximate surface area is 184 Å². The molecule has 1 N–H and O–H groups in total. The van der Waals surface area contributed by atoms with Crippen molar-refractivity contribution in [2.45, 2.75) is 12.6 Å². The van der Waals surface area contributed by atoms with E-state index >= 15 is 0 Å². The molecule has 1 fully saturated rings. The van der Waals surface area contributed by atoms with Crippen LogP contribution in [0.2, 0.25) is 0 Å². The molecule has 1 aliphatic heterocycles. The molecule has 1 atom stereocenters. The zero-order valence-corrected chi connectivity index (χ0v) is 18.3. The fourth-order valence-electron chi connectivity index (χ4n) is 3.71. The number of ether oxygens (including phenoxy) is 1. The van der Waals surface area contributed by atoms with Crippen molar-refractivity contribution in [3.05, 3.63) is 60.1 Å². The highest BCUT2D eigenvalue weighted by atomic mass is 32.1. The third kappa shape index (κ3) is 4.19. The molecular formula is C22H24N6O2S. The number of para-hydroxylation sites is 1. The molecule has 0 spiro atoms. The molecule has 160 valence electrons. The third-order valence-corrected chi connectivity index (χ3v) is 6.31. The zero-order valence-electron chi connectivity index (χ0n) is 17.5. The van der Waals surface area contributed by atoms with Crippen LogP contribution in [0.3, 0.4) is 0 Å². The van der Waals surface area contributed by atoms with Gasteiger partial charge in [0.15, 0.2) is 16.7 Å². The molecule has 4 heterocycles. The topological polar surface area (TPSA) is 80.7 Å². The molecule has 0 aliphatic carbocycles. The lowest BCUT2D eigenvalue weighted by Gasteiger charge is -2.34. The average Bonchev–Trinajstić information content (AvgIpc) is 3.53. The van der Waals surface area contributed by atoms with Gasteiger partial charge in [-0.1, -0.05) is 12.1 Å². The van der Waals surface area contributed by atoms with Gasteiger partial charge in [0.25, 0.3) is 0 Å². The van der Waals surface area contributed by atoms with Gasteiger partial charge in [0.2, 0.25) is 0 Å². The van der Waals surface area contributed by atoms with Crippen LogP contribution in [-0.2, 0) is 18.3 Å². The van der Waals surface area contributed by atoms with Gasteiger partial charge in [-0.25, -0.2) is 4.98 Å². The van der Waals surface area contributed by atoms with E-state index in [0.717, 1.165) is 51.4 Å². The smallest absolute Gasteiger partial charge is 0.194 e. The molecular weight excluding hydrogens is 412 g/mol. The zero-order chi connectivity index (χ0) is 21.2. The number of guanidine groups is 1. The van der Waals surface area contributed by atoms with Gasteiger partial charge in [0, 0.05) is 32.4 Å². The predicted molar refractivity (Wildman–Crippen MR) is 121 cm³/mol. The summed E-state index contributed by atoms with van der Waals surface area (Å²) in [4.78, 5) is 11.3. The van der Waals surface area contributed by atoms with Crippen LogP contribution in [0.15, 0.2) is 58.2 Å². The standard InChI is InChI=1S/C22H24N6O2S/c1-23-22(28-9-10-29-19(14-28)15-11-25-27(2)13-15)24-12-16-7-8-18(30-16)21-26-17-5-3-4-6-20(17)31-21/h3-8,11,13,19H,9-10,12,14H2,1-2H3,(H,23,24). The third-order valence-electron chi connectivity index (χ3n) is 5.26. The number of rotatable bonds is 4. The molecule has 31 heavy (non-hydrogen) atoms. The van der Waals surface area contributed by atoms with E-state index in [2.05, 4.69) is 31.4 Å². The van der Waals surface area contributed by atoms with Gasteiger partial charge in [-0.15, -0.1) is 11.3 Å². The second kappa shape index (κ2) is 8.52. The summed E-state index contributed by atoms with van der Waals surface area (Å²) in [6.45, 7) is 2.70. The largest absolute Gasteiger partial charge is 0.457 e. The number of morpholine rings is 1. The van der Waals surface area contributed by atoms with Crippen LogP contribution in [-0.4, -0.2) is 52.4 Å². The van der Waals surface area contributed by atoms with Crippen molar-refractivity contribution in [1.82, 2.24) is 25.0 Å². The maximum Gasteiger partial charge on any atom is 0.194 e. The van der Waals surface area contributed by atoms with E-state index in [1.807, 2.05) is 49.8 Å². The summed E-state index contributed by atoms with van der Waals surface area (Å²) in [6.07, 6.45) is 3.84. The summed E-state index contributed by atoms with van der Waals surface area (Å²) < 4.78 is 14.9. The van der Waals surface area contributed by atoms with Crippen LogP contribution in [0.25, 0.3) is 21.0 Å². The molecule has 1 saturated heterocycles. The molecule has 0 amide bonds. The minimum Gasteiger partial charge on any atom is -0.457 e. The Balaban J connectivity index is 1.23. The van der Waals surface area contributed by atoms with Crippen molar-refractivity contribution in [2.75, 3.05) is 26.7 Å². The number of benzene rings is 1. The minimum absolute atomic E-state index is 0.0183. The lowest BCUT2D eigenvalue weighted by molar-refractivity contribution is -0.00807. The first-order valence-electron chi connectivity index (χ1n) is 10.2. The number of nitrogens with zero attached hydrogens (tertiary/aromatic N) is 5. The van der Waals surface area contributed by atoms with E-state index in [-0.39, 0.29) is 6.10 Å². The highest BCUT2D eigenvalue weighted by Crippen LogP contribution is 2.31. The second-order valence-electron chi connectivity index (χ2n) is 7.41. The number of fused-ring (bicyclic) bond motifs is 1. The monoisotopic (exact) mass is 436 g/mol.